The molecule has 0 N–H and O–H groups in total. The number of carbonyl (C=O) groups is 1. The van der Waals surface area contributed by atoms with Gasteiger partial charge in [-0.15, -0.1) is 0 Å². The Labute approximate surface area is 156 Å². The van der Waals surface area contributed by atoms with Crippen LogP contribution in [0.5, 0.6) is 0 Å². The van der Waals surface area contributed by atoms with Gasteiger partial charge in [-0.25, -0.2) is 17.6 Å². The van der Waals surface area contributed by atoms with Crippen LogP contribution >= 0.6 is 0 Å². The third kappa shape index (κ3) is 4.31. The third-order valence-electron chi connectivity index (χ3n) is 4.75. The minimum Gasteiger partial charge on any atom is -0.460 e. The van der Waals surface area contributed by atoms with Gasteiger partial charge in [-0.1, -0.05) is 19.9 Å². The Morgan fingerprint density at radius 3 is 1.89 bits per heavy atom. The molecule has 0 amide bonds. The topological polar surface area (TPSA) is 35.5 Å². The maximum atomic E-state index is 14.0. The second-order valence-electron chi connectivity index (χ2n) is 6.98. The summed E-state index contributed by atoms with van der Waals surface area (Å²) in [5, 5.41) is 0. The Bertz CT molecular complexity index is 770. The van der Waals surface area contributed by atoms with E-state index < -0.39 is 77.0 Å². The molecule has 0 heterocycles. The van der Waals surface area contributed by atoms with Gasteiger partial charge in [0.1, 0.15) is 6.61 Å². The molecule has 2 atom stereocenters. The Balaban J connectivity index is 2.15. The normalized spacial score (nSPS) is 21.2. The number of esters is 1. The lowest BCUT2D eigenvalue weighted by Gasteiger charge is -2.12. The number of alkyl halides is 3. The van der Waals surface area contributed by atoms with E-state index in [0.29, 0.717) is 0 Å². The maximum Gasteiger partial charge on any atom is 0.409 e. The lowest BCUT2D eigenvalue weighted by atomic mass is 10.1. The van der Waals surface area contributed by atoms with Crippen molar-refractivity contribution in [1.29, 1.82) is 0 Å². The largest absolute Gasteiger partial charge is 0.460 e. The molecule has 1 fully saturated rings. The van der Waals surface area contributed by atoms with Crippen LogP contribution in [0.25, 0.3) is 0 Å². The number of rotatable bonds is 6. The monoisotopic (exact) mass is 414 g/mol. The van der Waals surface area contributed by atoms with E-state index in [-0.39, 0.29) is 6.08 Å². The second-order valence-corrected chi connectivity index (χ2v) is 6.98. The molecule has 0 spiro atoms. The summed E-state index contributed by atoms with van der Waals surface area (Å²) in [5.41, 5.74) is -2.95. The quantitative estimate of drug-likeness (QED) is 0.290. The van der Waals surface area contributed by atoms with Crippen molar-refractivity contribution in [2.45, 2.75) is 33.2 Å². The Kier molecular flexibility index (Phi) is 6.13. The molecular formula is C18H17F7O3. The SMILES string of the molecule is COCc1c(F)c(F)c(COC(=O)[C@@H]2[C@H](/C=C\C(F)(F)F)C2(C)C)c(F)c1F. The van der Waals surface area contributed by atoms with Gasteiger partial charge in [-0.2, -0.15) is 13.2 Å². The van der Waals surface area contributed by atoms with Crippen molar-refractivity contribution in [1.82, 2.24) is 0 Å². The standard InChI is InChI=1S/C18H17F7O3/c1-17(2)10(4-5-18(23,24)25)11(17)16(26)28-7-9-14(21)12(19)8(6-27-3)13(20)15(9)22/h4-5,10-11H,6-7H2,1-3H3/b5-4-/t10-,11-/m0/s1. The number of hydrogen-bond donors (Lipinski definition) is 0. The minimum absolute atomic E-state index is 0.00862. The average Bonchev–Trinajstić information content (AvgIpc) is 3.15. The third-order valence-corrected chi connectivity index (χ3v) is 4.75. The zero-order valence-electron chi connectivity index (χ0n) is 15.1. The average molecular weight is 414 g/mol. The van der Waals surface area contributed by atoms with Gasteiger partial charge in [0.05, 0.1) is 23.7 Å². The van der Waals surface area contributed by atoms with Gasteiger partial charge in [-0.3, -0.25) is 4.79 Å². The van der Waals surface area contributed by atoms with Gasteiger partial charge in [0, 0.05) is 13.2 Å². The van der Waals surface area contributed by atoms with Crippen LogP contribution in [0.1, 0.15) is 25.0 Å². The van der Waals surface area contributed by atoms with Gasteiger partial charge < -0.3 is 9.47 Å². The molecule has 1 aromatic carbocycles. The first-order valence-electron chi connectivity index (χ1n) is 8.08. The van der Waals surface area contributed by atoms with Crippen molar-refractivity contribution in [2.24, 2.45) is 17.3 Å². The van der Waals surface area contributed by atoms with Gasteiger partial charge >= 0.3 is 12.1 Å². The Morgan fingerprint density at radius 2 is 1.46 bits per heavy atom. The van der Waals surface area contributed by atoms with E-state index >= 15 is 0 Å². The molecular weight excluding hydrogens is 397 g/mol. The molecule has 0 saturated heterocycles. The van der Waals surface area contributed by atoms with E-state index in [2.05, 4.69) is 4.74 Å². The summed E-state index contributed by atoms with van der Waals surface area (Å²) in [4.78, 5) is 12.1. The Hall–Kier alpha value is -2.10. The maximum absolute atomic E-state index is 14.0. The summed E-state index contributed by atoms with van der Waals surface area (Å²) in [6.45, 7) is 1.21. The number of ether oxygens (including phenoxy) is 2. The van der Waals surface area contributed by atoms with Crippen molar-refractivity contribution < 1.29 is 45.0 Å². The van der Waals surface area contributed by atoms with Crippen molar-refractivity contribution in [3.63, 3.8) is 0 Å². The van der Waals surface area contributed by atoms with E-state index in [1.54, 1.807) is 0 Å². The number of hydrogen-bond acceptors (Lipinski definition) is 3. The first kappa shape index (κ1) is 22.2. The van der Waals surface area contributed by atoms with Crippen molar-refractivity contribution in [3.8, 4) is 0 Å². The van der Waals surface area contributed by atoms with Crippen molar-refractivity contribution in [2.75, 3.05) is 7.11 Å². The lowest BCUT2D eigenvalue weighted by molar-refractivity contribution is -0.147. The van der Waals surface area contributed by atoms with Crippen molar-refractivity contribution in [3.05, 3.63) is 46.5 Å². The molecule has 1 saturated carbocycles. The molecule has 0 aliphatic heterocycles. The number of benzene rings is 1. The fraction of sp³-hybridized carbons (Fsp3) is 0.500. The molecule has 0 bridgehead atoms. The molecule has 1 aromatic rings. The highest BCUT2D eigenvalue weighted by atomic mass is 19.4. The van der Waals surface area contributed by atoms with Crippen LogP contribution in [0.15, 0.2) is 12.2 Å². The zero-order valence-corrected chi connectivity index (χ0v) is 15.1. The molecule has 1 aliphatic carbocycles. The van der Waals surface area contributed by atoms with Crippen LogP contribution < -0.4 is 0 Å². The molecule has 3 nitrogen and oxygen atoms in total. The zero-order chi connectivity index (χ0) is 21.4. The van der Waals surface area contributed by atoms with Gasteiger partial charge in [0.25, 0.3) is 0 Å². The van der Waals surface area contributed by atoms with Gasteiger partial charge in [-0.05, 0) is 11.3 Å². The first-order valence-corrected chi connectivity index (χ1v) is 8.08. The van der Waals surface area contributed by atoms with E-state index in [1.165, 1.54) is 13.8 Å². The molecule has 156 valence electrons. The Morgan fingerprint density at radius 1 is 1.00 bits per heavy atom. The van der Waals surface area contributed by atoms with Crippen LogP contribution in [0.4, 0.5) is 30.7 Å². The highest BCUT2D eigenvalue weighted by Gasteiger charge is 2.61. The van der Waals surface area contributed by atoms with Gasteiger partial charge in [0.15, 0.2) is 23.3 Å². The number of carbonyl (C=O) groups excluding carboxylic acids is 1. The van der Waals surface area contributed by atoms with Crippen molar-refractivity contribution >= 4 is 5.97 Å². The molecule has 28 heavy (non-hydrogen) atoms. The second kappa shape index (κ2) is 7.73. The summed E-state index contributed by atoms with van der Waals surface area (Å²) in [6, 6.07) is 0. The number of halogens is 7. The fourth-order valence-electron chi connectivity index (χ4n) is 3.05. The lowest BCUT2D eigenvalue weighted by Crippen LogP contribution is -2.15. The minimum atomic E-state index is -4.56. The molecule has 0 unspecified atom stereocenters. The molecule has 1 aliphatic rings. The fourth-order valence-corrected chi connectivity index (χ4v) is 3.05. The summed E-state index contributed by atoms with van der Waals surface area (Å²) in [6.07, 6.45) is -3.75. The number of methoxy groups -OCH3 is 1. The van der Waals surface area contributed by atoms with E-state index in [4.69, 9.17) is 4.74 Å². The molecule has 10 heteroatoms. The van der Waals surface area contributed by atoms with Crippen LogP contribution in [-0.2, 0) is 27.5 Å². The highest BCUT2D eigenvalue weighted by molar-refractivity contribution is 5.78. The molecule has 0 radical (unpaired) electrons. The van der Waals surface area contributed by atoms with Crippen LogP contribution in [0.2, 0.25) is 0 Å². The summed E-state index contributed by atoms with van der Waals surface area (Å²) in [7, 11) is 1.07. The van der Waals surface area contributed by atoms with Crippen LogP contribution in [-0.4, -0.2) is 19.3 Å². The first-order chi connectivity index (χ1) is 12.8. The van der Waals surface area contributed by atoms with Crippen LogP contribution in [0.3, 0.4) is 0 Å². The summed E-state index contributed by atoms with van der Waals surface area (Å²) >= 11 is 0. The van der Waals surface area contributed by atoms with E-state index in [1.807, 2.05) is 0 Å². The van der Waals surface area contributed by atoms with E-state index in [0.717, 1.165) is 13.2 Å². The number of allylic oxidation sites excluding steroid dienone is 2. The molecule has 0 aromatic heterocycles. The predicted molar refractivity (Wildman–Crippen MR) is 82.7 cm³/mol. The summed E-state index contributed by atoms with van der Waals surface area (Å²) in [5.74, 6) is -9.63. The van der Waals surface area contributed by atoms with E-state index in [9.17, 15) is 35.5 Å². The smallest absolute Gasteiger partial charge is 0.409 e. The molecule has 2 rings (SSSR count). The summed E-state index contributed by atoms with van der Waals surface area (Å²) < 4.78 is 102. The predicted octanol–water partition coefficient (Wildman–Crippen LogP) is 4.82. The highest BCUT2D eigenvalue weighted by Crippen LogP contribution is 2.59. The van der Waals surface area contributed by atoms with Crippen LogP contribution in [0, 0.1) is 40.5 Å². The van der Waals surface area contributed by atoms with Gasteiger partial charge in [0.2, 0.25) is 0 Å².